The molecular formula is C15H24N2O. The molecule has 3 nitrogen and oxygen atoms in total. The maximum atomic E-state index is 5.36. The molecule has 0 aromatic heterocycles. The van der Waals surface area contributed by atoms with Crippen LogP contribution in [0.5, 0.6) is 0 Å². The second-order valence-electron chi connectivity index (χ2n) is 5.24. The minimum absolute atomic E-state index is 0.540. The molecule has 100 valence electrons. The second-order valence-corrected chi connectivity index (χ2v) is 5.24. The Balaban J connectivity index is 1.83. The third kappa shape index (κ3) is 4.41. The lowest BCUT2D eigenvalue weighted by Crippen LogP contribution is -2.35. The van der Waals surface area contributed by atoms with E-state index in [1.54, 1.807) is 0 Å². The van der Waals surface area contributed by atoms with Crippen LogP contribution in [0.3, 0.4) is 0 Å². The molecule has 0 bridgehead atoms. The van der Waals surface area contributed by atoms with E-state index in [9.17, 15) is 0 Å². The molecule has 0 atom stereocenters. The Morgan fingerprint density at radius 1 is 1.11 bits per heavy atom. The molecule has 1 fully saturated rings. The zero-order valence-electron chi connectivity index (χ0n) is 11.5. The maximum absolute atomic E-state index is 5.36. The van der Waals surface area contributed by atoms with E-state index in [-0.39, 0.29) is 0 Å². The zero-order valence-corrected chi connectivity index (χ0v) is 11.5. The summed E-state index contributed by atoms with van der Waals surface area (Å²) >= 11 is 0. The smallest absolute Gasteiger partial charge is 0.0594 e. The van der Waals surface area contributed by atoms with Crippen molar-refractivity contribution < 1.29 is 4.74 Å². The number of hydrogen-bond acceptors (Lipinski definition) is 3. The summed E-state index contributed by atoms with van der Waals surface area (Å²) in [6, 6.07) is 9.48. The number of rotatable bonds is 5. The number of hydrogen-bond donors (Lipinski definition) is 1. The summed E-state index contributed by atoms with van der Waals surface area (Å²) in [7, 11) is 0. The van der Waals surface area contributed by atoms with Gasteiger partial charge in [-0.3, -0.25) is 4.90 Å². The second kappa shape index (κ2) is 6.88. The minimum atomic E-state index is 0.540. The highest BCUT2D eigenvalue weighted by Gasteiger charge is 2.10. The standard InChI is InChI=1S/C15H24N2O/c1-13(2)16-11-14-3-5-15(6-4-14)12-17-7-9-18-10-8-17/h3-6,13,16H,7-12H2,1-2H3. The maximum Gasteiger partial charge on any atom is 0.0594 e. The number of nitrogens with zero attached hydrogens (tertiary/aromatic N) is 1. The molecule has 0 aliphatic carbocycles. The summed E-state index contributed by atoms with van der Waals surface area (Å²) in [5.41, 5.74) is 2.75. The van der Waals surface area contributed by atoms with Gasteiger partial charge in [0.1, 0.15) is 0 Å². The Hall–Kier alpha value is -0.900. The molecular weight excluding hydrogens is 224 g/mol. The molecule has 2 rings (SSSR count). The Bertz CT molecular complexity index is 342. The molecule has 1 aromatic rings. The lowest BCUT2D eigenvalue weighted by molar-refractivity contribution is 0.0342. The lowest BCUT2D eigenvalue weighted by Gasteiger charge is -2.26. The molecule has 0 spiro atoms. The van der Waals surface area contributed by atoms with Gasteiger partial charge in [-0.15, -0.1) is 0 Å². The SMILES string of the molecule is CC(C)NCc1ccc(CN2CCOCC2)cc1. The van der Waals surface area contributed by atoms with Gasteiger partial charge in [-0.05, 0) is 11.1 Å². The summed E-state index contributed by atoms with van der Waals surface area (Å²) in [4.78, 5) is 2.45. The van der Waals surface area contributed by atoms with Gasteiger partial charge in [-0.25, -0.2) is 0 Å². The average Bonchev–Trinajstić information content (AvgIpc) is 2.39. The van der Waals surface area contributed by atoms with Crippen LogP contribution in [0.2, 0.25) is 0 Å². The van der Waals surface area contributed by atoms with Crippen LogP contribution in [0, 0.1) is 0 Å². The van der Waals surface area contributed by atoms with Crippen molar-refractivity contribution in [1.82, 2.24) is 10.2 Å². The van der Waals surface area contributed by atoms with E-state index in [1.807, 2.05) is 0 Å². The monoisotopic (exact) mass is 248 g/mol. The van der Waals surface area contributed by atoms with Gasteiger partial charge in [0.05, 0.1) is 13.2 Å². The summed E-state index contributed by atoms with van der Waals surface area (Å²) in [5.74, 6) is 0. The van der Waals surface area contributed by atoms with Gasteiger partial charge in [0, 0.05) is 32.2 Å². The van der Waals surface area contributed by atoms with Crippen LogP contribution in [-0.4, -0.2) is 37.2 Å². The molecule has 18 heavy (non-hydrogen) atoms. The van der Waals surface area contributed by atoms with Crippen LogP contribution in [0.25, 0.3) is 0 Å². The third-order valence-corrected chi connectivity index (χ3v) is 3.25. The number of morpholine rings is 1. The highest BCUT2D eigenvalue weighted by molar-refractivity contribution is 5.22. The molecule has 1 N–H and O–H groups in total. The van der Waals surface area contributed by atoms with Gasteiger partial charge in [0.2, 0.25) is 0 Å². The van der Waals surface area contributed by atoms with Crippen LogP contribution in [0.4, 0.5) is 0 Å². The van der Waals surface area contributed by atoms with Crippen molar-refractivity contribution in [2.75, 3.05) is 26.3 Å². The van der Waals surface area contributed by atoms with Gasteiger partial charge in [0.25, 0.3) is 0 Å². The van der Waals surface area contributed by atoms with E-state index in [4.69, 9.17) is 4.74 Å². The van der Waals surface area contributed by atoms with Crippen molar-refractivity contribution in [3.63, 3.8) is 0 Å². The van der Waals surface area contributed by atoms with Gasteiger partial charge in [0.15, 0.2) is 0 Å². The summed E-state index contributed by atoms with van der Waals surface area (Å²) in [5, 5.41) is 3.44. The van der Waals surface area contributed by atoms with Crippen LogP contribution >= 0.6 is 0 Å². The minimum Gasteiger partial charge on any atom is -0.379 e. The van der Waals surface area contributed by atoms with E-state index >= 15 is 0 Å². The van der Waals surface area contributed by atoms with Crippen molar-refractivity contribution in [3.05, 3.63) is 35.4 Å². The molecule has 1 saturated heterocycles. The molecule has 0 saturated carbocycles. The quantitative estimate of drug-likeness (QED) is 0.863. The van der Waals surface area contributed by atoms with Crippen LogP contribution in [0.15, 0.2) is 24.3 Å². The van der Waals surface area contributed by atoms with Crippen LogP contribution in [0.1, 0.15) is 25.0 Å². The van der Waals surface area contributed by atoms with Crippen molar-refractivity contribution >= 4 is 0 Å². The Morgan fingerprint density at radius 3 is 2.33 bits per heavy atom. The summed E-state index contributed by atoms with van der Waals surface area (Å²) in [6.45, 7) is 10.2. The fraction of sp³-hybridized carbons (Fsp3) is 0.600. The van der Waals surface area contributed by atoms with Gasteiger partial charge in [-0.1, -0.05) is 38.1 Å². The Labute approximate surface area is 110 Å². The normalized spacial score (nSPS) is 17.3. The first-order valence-electron chi connectivity index (χ1n) is 6.85. The van der Waals surface area contributed by atoms with Crippen molar-refractivity contribution in [2.45, 2.75) is 33.0 Å². The predicted octanol–water partition coefficient (Wildman–Crippen LogP) is 2.02. The third-order valence-electron chi connectivity index (χ3n) is 3.25. The van der Waals surface area contributed by atoms with Crippen molar-refractivity contribution in [1.29, 1.82) is 0 Å². The van der Waals surface area contributed by atoms with Gasteiger partial charge >= 0.3 is 0 Å². The first-order valence-corrected chi connectivity index (χ1v) is 6.85. The molecule has 0 radical (unpaired) electrons. The van der Waals surface area contributed by atoms with E-state index in [0.717, 1.165) is 39.4 Å². The topological polar surface area (TPSA) is 24.5 Å². The van der Waals surface area contributed by atoms with Crippen molar-refractivity contribution in [3.8, 4) is 0 Å². The van der Waals surface area contributed by atoms with Gasteiger partial charge < -0.3 is 10.1 Å². The van der Waals surface area contributed by atoms with Crippen LogP contribution < -0.4 is 5.32 Å². The van der Waals surface area contributed by atoms with E-state index in [2.05, 4.69) is 48.3 Å². The van der Waals surface area contributed by atoms with Crippen LogP contribution in [-0.2, 0) is 17.8 Å². The number of nitrogens with one attached hydrogen (secondary N) is 1. The average molecular weight is 248 g/mol. The first kappa shape index (κ1) is 13.5. The molecule has 0 unspecified atom stereocenters. The molecule has 1 aliphatic heterocycles. The predicted molar refractivity (Wildman–Crippen MR) is 74.5 cm³/mol. The van der Waals surface area contributed by atoms with Crippen molar-refractivity contribution in [2.24, 2.45) is 0 Å². The fourth-order valence-electron chi connectivity index (χ4n) is 2.10. The lowest BCUT2D eigenvalue weighted by atomic mass is 10.1. The summed E-state index contributed by atoms with van der Waals surface area (Å²) < 4.78 is 5.36. The number of ether oxygens (including phenoxy) is 1. The molecule has 1 aliphatic rings. The first-order chi connectivity index (χ1) is 8.74. The molecule has 0 amide bonds. The van der Waals surface area contributed by atoms with E-state index in [1.165, 1.54) is 11.1 Å². The Morgan fingerprint density at radius 2 is 1.72 bits per heavy atom. The largest absolute Gasteiger partial charge is 0.379 e. The fourth-order valence-corrected chi connectivity index (χ4v) is 2.10. The van der Waals surface area contributed by atoms with Gasteiger partial charge in [-0.2, -0.15) is 0 Å². The van der Waals surface area contributed by atoms with E-state index < -0.39 is 0 Å². The molecule has 3 heteroatoms. The summed E-state index contributed by atoms with van der Waals surface area (Å²) in [6.07, 6.45) is 0. The zero-order chi connectivity index (χ0) is 12.8. The van der Waals surface area contributed by atoms with E-state index in [0.29, 0.717) is 6.04 Å². The highest BCUT2D eigenvalue weighted by atomic mass is 16.5. The highest BCUT2D eigenvalue weighted by Crippen LogP contribution is 2.09. The molecule has 1 heterocycles. The molecule has 1 aromatic carbocycles. The number of benzene rings is 1. The Kier molecular flexibility index (Phi) is 5.17.